The van der Waals surface area contributed by atoms with Gasteiger partial charge in [0.2, 0.25) is 0 Å². The van der Waals surface area contributed by atoms with E-state index in [9.17, 15) is 8.78 Å². The Labute approximate surface area is 70.5 Å². The maximum Gasteiger partial charge on any atom is 0.345 e. The number of halogens is 2. The molecule has 0 saturated carbocycles. The van der Waals surface area contributed by atoms with Crippen molar-refractivity contribution in [3.8, 4) is 0 Å². The molecule has 1 rings (SSSR count). The molecule has 1 saturated heterocycles. The number of hydrogen-bond donors (Lipinski definition) is 1. The Hall–Kier alpha value is -0.260. The molecule has 12 heavy (non-hydrogen) atoms. The molecule has 5 heteroatoms. The molecule has 1 aliphatic rings. The molecule has 0 aromatic heterocycles. The molecule has 0 aromatic carbocycles. The Morgan fingerprint density at radius 3 is 2.75 bits per heavy atom. The molecule has 0 radical (unpaired) electrons. The van der Waals surface area contributed by atoms with Crippen LogP contribution < -0.4 is 5.73 Å². The van der Waals surface area contributed by atoms with Crippen molar-refractivity contribution in [2.75, 3.05) is 26.7 Å². The molecule has 72 valence electrons. The second kappa shape index (κ2) is 3.64. The molecule has 0 bridgehead atoms. The molecule has 1 heterocycles. The highest BCUT2D eigenvalue weighted by Crippen LogP contribution is 2.18. The number of hydrogen-bond acceptors (Lipinski definition) is 3. The molecule has 1 aliphatic heterocycles. The second-order valence-electron chi connectivity index (χ2n) is 3.42. The van der Waals surface area contributed by atoms with Gasteiger partial charge in [-0.15, -0.1) is 0 Å². The second-order valence-corrected chi connectivity index (χ2v) is 3.42. The molecule has 1 fully saturated rings. The highest BCUT2D eigenvalue weighted by molar-refractivity contribution is 4.93. The lowest BCUT2D eigenvalue weighted by atomic mass is 10.0. The summed E-state index contributed by atoms with van der Waals surface area (Å²) >= 11 is 0. The van der Waals surface area contributed by atoms with Crippen LogP contribution in [0.25, 0.3) is 0 Å². The maximum atomic E-state index is 11.7. The molecule has 2 N–H and O–H groups in total. The lowest BCUT2D eigenvalue weighted by Gasteiger charge is -2.22. The predicted octanol–water partition coefficient (Wildman–Crippen LogP) is 0.259. The number of nitrogens with zero attached hydrogens (tertiary/aromatic N) is 1. The smallest absolute Gasteiger partial charge is 0.322 e. The van der Waals surface area contributed by atoms with Crippen LogP contribution in [0.1, 0.15) is 6.42 Å². The fraction of sp³-hybridized carbons (Fsp3) is 1.00. The lowest BCUT2D eigenvalue weighted by molar-refractivity contribution is -0.140. The summed E-state index contributed by atoms with van der Waals surface area (Å²) in [4.78, 5) is 2.01. The Morgan fingerprint density at radius 2 is 2.33 bits per heavy atom. The Bertz CT molecular complexity index is 156. The number of nitrogens with two attached hydrogens (primary N) is 1. The number of rotatable bonds is 3. The fourth-order valence-corrected chi connectivity index (χ4v) is 1.46. The Morgan fingerprint density at radius 1 is 1.67 bits per heavy atom. The number of likely N-dealkylation sites (N-methyl/N-ethyl adjacent to an activating group) is 1. The van der Waals surface area contributed by atoms with E-state index in [0.717, 1.165) is 13.0 Å². The van der Waals surface area contributed by atoms with Crippen LogP contribution in [0.2, 0.25) is 0 Å². The van der Waals surface area contributed by atoms with Crippen LogP contribution in [0.3, 0.4) is 0 Å². The van der Waals surface area contributed by atoms with Gasteiger partial charge in [-0.2, -0.15) is 8.78 Å². The van der Waals surface area contributed by atoms with Gasteiger partial charge in [-0.25, -0.2) is 0 Å². The molecule has 1 atom stereocenters. The summed E-state index contributed by atoms with van der Waals surface area (Å²) in [7, 11) is 1.91. The van der Waals surface area contributed by atoms with Crippen molar-refractivity contribution in [3.05, 3.63) is 0 Å². The molecular formula is C7H14F2N2O. The van der Waals surface area contributed by atoms with Gasteiger partial charge in [0.05, 0.1) is 12.1 Å². The highest BCUT2D eigenvalue weighted by atomic mass is 19.3. The minimum Gasteiger partial charge on any atom is -0.322 e. The predicted molar refractivity (Wildman–Crippen MR) is 41.0 cm³/mol. The monoisotopic (exact) mass is 180 g/mol. The van der Waals surface area contributed by atoms with Crippen LogP contribution in [0.15, 0.2) is 0 Å². The van der Waals surface area contributed by atoms with E-state index in [4.69, 9.17) is 5.73 Å². The van der Waals surface area contributed by atoms with Crippen molar-refractivity contribution in [2.24, 2.45) is 5.73 Å². The van der Waals surface area contributed by atoms with Crippen molar-refractivity contribution < 1.29 is 13.5 Å². The summed E-state index contributed by atoms with van der Waals surface area (Å²) in [6.07, 6.45) is 0.718. The highest BCUT2D eigenvalue weighted by Gasteiger charge is 2.33. The van der Waals surface area contributed by atoms with Gasteiger partial charge < -0.3 is 15.4 Å². The van der Waals surface area contributed by atoms with Crippen molar-refractivity contribution in [1.82, 2.24) is 4.90 Å². The number of likely N-dealkylation sites (tertiary alicyclic amines) is 1. The first-order chi connectivity index (χ1) is 5.52. The summed E-state index contributed by atoms with van der Waals surface area (Å²) < 4.78 is 27.5. The molecule has 0 aromatic rings. The van der Waals surface area contributed by atoms with Gasteiger partial charge in [0.15, 0.2) is 0 Å². The van der Waals surface area contributed by atoms with E-state index in [0.29, 0.717) is 6.54 Å². The minimum absolute atomic E-state index is 0.0605. The van der Waals surface area contributed by atoms with Crippen LogP contribution in [0, 0.1) is 0 Å². The van der Waals surface area contributed by atoms with Crippen LogP contribution in [0.5, 0.6) is 0 Å². The Kier molecular flexibility index (Phi) is 2.98. The van der Waals surface area contributed by atoms with E-state index in [1.165, 1.54) is 0 Å². The van der Waals surface area contributed by atoms with Crippen LogP contribution in [-0.4, -0.2) is 43.8 Å². The van der Waals surface area contributed by atoms with Crippen molar-refractivity contribution in [2.45, 2.75) is 18.6 Å². The van der Waals surface area contributed by atoms with E-state index in [2.05, 4.69) is 4.74 Å². The summed E-state index contributed by atoms with van der Waals surface area (Å²) in [6, 6.07) is 0. The summed E-state index contributed by atoms with van der Waals surface area (Å²) in [5.74, 6) is 0. The molecule has 0 amide bonds. The lowest BCUT2D eigenvalue weighted by Crippen LogP contribution is -2.47. The van der Waals surface area contributed by atoms with E-state index in [1.807, 2.05) is 11.9 Å². The zero-order valence-corrected chi connectivity index (χ0v) is 7.09. The minimum atomic E-state index is -2.71. The summed E-state index contributed by atoms with van der Waals surface area (Å²) in [5, 5.41) is 0. The Balaban J connectivity index is 2.30. The fourth-order valence-electron chi connectivity index (χ4n) is 1.46. The SMILES string of the molecule is CN1CCC(N)(COC(F)F)C1. The third-order valence-electron chi connectivity index (χ3n) is 2.07. The van der Waals surface area contributed by atoms with Gasteiger partial charge in [-0.3, -0.25) is 0 Å². The van der Waals surface area contributed by atoms with Gasteiger partial charge in [-0.05, 0) is 20.0 Å². The molecule has 3 nitrogen and oxygen atoms in total. The third kappa shape index (κ3) is 2.66. The maximum absolute atomic E-state index is 11.7. The number of alkyl halides is 2. The largest absolute Gasteiger partial charge is 0.345 e. The van der Waals surface area contributed by atoms with Crippen molar-refractivity contribution in [3.63, 3.8) is 0 Å². The van der Waals surface area contributed by atoms with Crippen molar-refractivity contribution >= 4 is 0 Å². The first kappa shape index (κ1) is 9.83. The zero-order chi connectivity index (χ0) is 9.19. The average Bonchev–Trinajstić information content (AvgIpc) is 2.29. The first-order valence-corrected chi connectivity index (χ1v) is 3.89. The van der Waals surface area contributed by atoms with E-state index >= 15 is 0 Å². The van der Waals surface area contributed by atoms with Crippen LogP contribution in [0.4, 0.5) is 8.78 Å². The first-order valence-electron chi connectivity index (χ1n) is 3.89. The number of ether oxygens (including phenoxy) is 1. The normalized spacial score (nSPS) is 31.8. The molecule has 1 unspecified atom stereocenters. The van der Waals surface area contributed by atoms with E-state index in [1.54, 1.807) is 0 Å². The molecule has 0 aliphatic carbocycles. The zero-order valence-electron chi connectivity index (χ0n) is 7.09. The third-order valence-corrected chi connectivity index (χ3v) is 2.07. The van der Waals surface area contributed by atoms with Gasteiger partial charge in [0, 0.05) is 6.54 Å². The standard InChI is InChI=1S/C7H14F2N2O/c1-11-3-2-7(10,4-11)5-12-6(8)9/h6H,2-5,10H2,1H3. The van der Waals surface area contributed by atoms with Crippen LogP contribution >= 0.6 is 0 Å². The van der Waals surface area contributed by atoms with Crippen molar-refractivity contribution in [1.29, 1.82) is 0 Å². The molecular weight excluding hydrogens is 166 g/mol. The van der Waals surface area contributed by atoms with E-state index < -0.39 is 12.2 Å². The quantitative estimate of drug-likeness (QED) is 0.677. The van der Waals surface area contributed by atoms with Gasteiger partial charge >= 0.3 is 6.61 Å². The summed E-state index contributed by atoms with van der Waals surface area (Å²) in [5.41, 5.74) is 5.22. The van der Waals surface area contributed by atoms with E-state index in [-0.39, 0.29) is 6.61 Å². The average molecular weight is 180 g/mol. The van der Waals surface area contributed by atoms with Gasteiger partial charge in [0.25, 0.3) is 0 Å². The summed E-state index contributed by atoms with van der Waals surface area (Å²) in [6.45, 7) is -1.30. The van der Waals surface area contributed by atoms with Gasteiger partial charge in [0.1, 0.15) is 0 Å². The topological polar surface area (TPSA) is 38.5 Å². The van der Waals surface area contributed by atoms with Crippen LogP contribution in [-0.2, 0) is 4.74 Å². The van der Waals surface area contributed by atoms with Gasteiger partial charge in [-0.1, -0.05) is 0 Å². The molecule has 0 spiro atoms.